The molecule has 2 heteroatoms. The van der Waals surface area contributed by atoms with E-state index < -0.39 is 0 Å². The molecule has 1 saturated heterocycles. The summed E-state index contributed by atoms with van der Waals surface area (Å²) in [6, 6.07) is 0. The Hall–Kier alpha value is -0.790. The number of ether oxygens (including phenoxy) is 1. The van der Waals surface area contributed by atoms with Gasteiger partial charge in [-0.05, 0) is 32.6 Å². The van der Waals surface area contributed by atoms with Gasteiger partial charge in [-0.3, -0.25) is 4.79 Å². The van der Waals surface area contributed by atoms with E-state index in [-0.39, 0.29) is 12.1 Å². The summed E-state index contributed by atoms with van der Waals surface area (Å²) >= 11 is 0. The Bertz CT molecular complexity index is 196. The van der Waals surface area contributed by atoms with Crippen molar-refractivity contribution in [3.63, 3.8) is 0 Å². The van der Waals surface area contributed by atoms with Crippen LogP contribution in [-0.2, 0) is 9.53 Å². The molecule has 0 N–H and O–H groups in total. The van der Waals surface area contributed by atoms with Crippen LogP contribution in [0.3, 0.4) is 0 Å². The van der Waals surface area contributed by atoms with Crippen molar-refractivity contribution >= 4 is 5.97 Å². The first-order chi connectivity index (χ1) is 5.59. The largest absolute Gasteiger partial charge is 0.463 e. The molecule has 0 aromatic heterocycles. The molecule has 2 unspecified atom stereocenters. The number of hydrogen-bond acceptors (Lipinski definition) is 2. The molecule has 0 aromatic carbocycles. The lowest BCUT2D eigenvalue weighted by Crippen LogP contribution is -2.11. The van der Waals surface area contributed by atoms with Crippen LogP contribution < -0.4 is 0 Å². The van der Waals surface area contributed by atoms with E-state index in [1.54, 1.807) is 0 Å². The van der Waals surface area contributed by atoms with Crippen LogP contribution in [0.1, 0.15) is 33.1 Å². The molecule has 68 valence electrons. The monoisotopic (exact) mass is 168 g/mol. The van der Waals surface area contributed by atoms with Gasteiger partial charge < -0.3 is 4.74 Å². The van der Waals surface area contributed by atoms with Crippen molar-refractivity contribution in [3.8, 4) is 0 Å². The number of esters is 1. The zero-order chi connectivity index (χ0) is 9.14. The Morgan fingerprint density at radius 1 is 1.58 bits per heavy atom. The minimum absolute atomic E-state index is 0.0759. The maximum atomic E-state index is 11.1. The van der Waals surface area contributed by atoms with Crippen LogP contribution in [-0.4, -0.2) is 12.1 Å². The molecule has 0 aromatic rings. The third-order valence-corrected chi connectivity index (χ3v) is 2.36. The van der Waals surface area contributed by atoms with Gasteiger partial charge in [-0.15, -0.1) is 0 Å². The zero-order valence-electron chi connectivity index (χ0n) is 7.80. The summed E-state index contributed by atoms with van der Waals surface area (Å²) < 4.78 is 5.11. The van der Waals surface area contributed by atoms with Gasteiger partial charge in [-0.1, -0.05) is 12.2 Å². The molecule has 1 rings (SSSR count). The normalized spacial score (nSPS) is 30.7. The van der Waals surface area contributed by atoms with E-state index in [4.69, 9.17) is 4.74 Å². The van der Waals surface area contributed by atoms with Gasteiger partial charge in [-0.2, -0.15) is 0 Å². The molecule has 2 nitrogen and oxygen atoms in total. The van der Waals surface area contributed by atoms with Gasteiger partial charge in [0.15, 0.2) is 0 Å². The van der Waals surface area contributed by atoms with E-state index in [2.05, 4.69) is 6.58 Å². The van der Waals surface area contributed by atoms with Gasteiger partial charge in [0.1, 0.15) is 0 Å². The standard InChI is InChI=1S/C10H16O2/c1-7(2)9-5-4-8(3)12-10(11)6-9/h8-9H,1,4-6H2,2-3H3. The lowest BCUT2D eigenvalue weighted by atomic mass is 9.93. The fourth-order valence-electron chi connectivity index (χ4n) is 1.49. The van der Waals surface area contributed by atoms with E-state index >= 15 is 0 Å². The quantitative estimate of drug-likeness (QED) is 0.443. The molecule has 0 saturated carbocycles. The van der Waals surface area contributed by atoms with Crippen molar-refractivity contribution in [2.75, 3.05) is 0 Å². The third-order valence-electron chi connectivity index (χ3n) is 2.36. The first kappa shape index (κ1) is 9.30. The summed E-state index contributed by atoms with van der Waals surface area (Å²) in [6.07, 6.45) is 2.59. The lowest BCUT2D eigenvalue weighted by molar-refractivity contribution is -0.147. The van der Waals surface area contributed by atoms with Crippen molar-refractivity contribution in [2.45, 2.75) is 39.2 Å². The van der Waals surface area contributed by atoms with Crippen molar-refractivity contribution in [1.82, 2.24) is 0 Å². The molecule has 0 radical (unpaired) electrons. The van der Waals surface area contributed by atoms with Crippen LogP contribution in [0.25, 0.3) is 0 Å². The highest BCUT2D eigenvalue weighted by molar-refractivity contribution is 5.70. The second-order valence-electron chi connectivity index (χ2n) is 3.63. The third kappa shape index (κ3) is 2.36. The summed E-state index contributed by atoms with van der Waals surface area (Å²) in [5.74, 6) is 0.260. The van der Waals surface area contributed by atoms with E-state index in [9.17, 15) is 4.79 Å². The molecule has 0 amide bonds. The van der Waals surface area contributed by atoms with E-state index in [0.29, 0.717) is 12.3 Å². The second-order valence-corrected chi connectivity index (χ2v) is 3.63. The number of carbonyl (C=O) groups excluding carboxylic acids is 1. The van der Waals surface area contributed by atoms with E-state index in [1.165, 1.54) is 0 Å². The fraction of sp³-hybridized carbons (Fsp3) is 0.700. The number of rotatable bonds is 1. The SMILES string of the molecule is C=C(C)C1CCC(C)OC(=O)C1. The van der Waals surface area contributed by atoms with Crippen molar-refractivity contribution < 1.29 is 9.53 Å². The van der Waals surface area contributed by atoms with Gasteiger partial charge in [0.25, 0.3) is 0 Å². The fourth-order valence-corrected chi connectivity index (χ4v) is 1.49. The van der Waals surface area contributed by atoms with E-state index in [0.717, 1.165) is 18.4 Å². The molecule has 0 bridgehead atoms. The molecule has 1 aliphatic rings. The van der Waals surface area contributed by atoms with E-state index in [1.807, 2.05) is 13.8 Å². The van der Waals surface area contributed by atoms with Crippen LogP contribution >= 0.6 is 0 Å². The average molecular weight is 168 g/mol. The van der Waals surface area contributed by atoms with Gasteiger partial charge in [0.05, 0.1) is 12.5 Å². The molecule has 2 atom stereocenters. The number of hydrogen-bond donors (Lipinski definition) is 0. The maximum Gasteiger partial charge on any atom is 0.306 e. The molecule has 1 fully saturated rings. The highest BCUT2D eigenvalue weighted by Gasteiger charge is 2.22. The minimum Gasteiger partial charge on any atom is -0.463 e. The molecule has 0 aliphatic carbocycles. The Morgan fingerprint density at radius 3 is 2.83 bits per heavy atom. The van der Waals surface area contributed by atoms with Crippen LogP contribution in [0.5, 0.6) is 0 Å². The molecule has 1 aliphatic heterocycles. The second kappa shape index (κ2) is 3.74. The number of allylic oxidation sites excluding steroid dienone is 1. The Labute approximate surface area is 73.6 Å². The summed E-state index contributed by atoms with van der Waals surface area (Å²) in [5.41, 5.74) is 1.10. The Morgan fingerprint density at radius 2 is 2.25 bits per heavy atom. The van der Waals surface area contributed by atoms with Gasteiger partial charge in [0, 0.05) is 0 Å². The van der Waals surface area contributed by atoms with Crippen LogP contribution in [0.4, 0.5) is 0 Å². The average Bonchev–Trinajstić information content (AvgIpc) is 2.11. The summed E-state index contributed by atoms with van der Waals surface area (Å²) in [5, 5.41) is 0. The van der Waals surface area contributed by atoms with Crippen molar-refractivity contribution in [2.24, 2.45) is 5.92 Å². The summed E-state index contributed by atoms with van der Waals surface area (Å²) in [7, 11) is 0. The Balaban J connectivity index is 2.58. The van der Waals surface area contributed by atoms with Gasteiger partial charge in [0.2, 0.25) is 0 Å². The van der Waals surface area contributed by atoms with Gasteiger partial charge >= 0.3 is 5.97 Å². The lowest BCUT2D eigenvalue weighted by Gasteiger charge is -2.10. The first-order valence-corrected chi connectivity index (χ1v) is 4.44. The van der Waals surface area contributed by atoms with Gasteiger partial charge in [-0.25, -0.2) is 0 Å². The predicted molar refractivity (Wildman–Crippen MR) is 47.7 cm³/mol. The highest BCUT2D eigenvalue weighted by Crippen LogP contribution is 2.25. The molecule has 0 spiro atoms. The van der Waals surface area contributed by atoms with Crippen LogP contribution in [0, 0.1) is 5.92 Å². The molecular formula is C10H16O2. The van der Waals surface area contributed by atoms with Crippen LogP contribution in [0.2, 0.25) is 0 Å². The maximum absolute atomic E-state index is 11.1. The molecule has 1 heterocycles. The topological polar surface area (TPSA) is 26.3 Å². The number of carbonyl (C=O) groups is 1. The van der Waals surface area contributed by atoms with Crippen molar-refractivity contribution in [3.05, 3.63) is 12.2 Å². The summed E-state index contributed by atoms with van der Waals surface area (Å²) in [4.78, 5) is 11.1. The highest BCUT2D eigenvalue weighted by atomic mass is 16.5. The molecule has 12 heavy (non-hydrogen) atoms. The number of cyclic esters (lactones) is 1. The Kier molecular flexibility index (Phi) is 2.90. The summed E-state index contributed by atoms with van der Waals surface area (Å²) in [6.45, 7) is 7.80. The van der Waals surface area contributed by atoms with Crippen molar-refractivity contribution in [1.29, 1.82) is 0 Å². The first-order valence-electron chi connectivity index (χ1n) is 4.44. The smallest absolute Gasteiger partial charge is 0.306 e. The minimum atomic E-state index is -0.0759. The molecular weight excluding hydrogens is 152 g/mol. The van der Waals surface area contributed by atoms with Crippen LogP contribution in [0.15, 0.2) is 12.2 Å². The predicted octanol–water partition coefficient (Wildman–Crippen LogP) is 2.29. The zero-order valence-corrected chi connectivity index (χ0v) is 7.80.